The second-order valence-corrected chi connectivity index (χ2v) is 3.69. The normalized spacial score (nSPS) is 10.3. The van der Waals surface area contributed by atoms with Crippen molar-refractivity contribution >= 4 is 17.1 Å². The van der Waals surface area contributed by atoms with Crippen LogP contribution in [0.4, 0.5) is 8.78 Å². The fourth-order valence-corrected chi connectivity index (χ4v) is 1.69. The summed E-state index contributed by atoms with van der Waals surface area (Å²) in [7, 11) is 0. The molecule has 2 rings (SSSR count). The standard InChI is InChI=1S/C10H5F2NOS/c11-7-2-1-6(5-8(7)12)9(14)10-13-3-4-15-10/h1-5H. The summed E-state index contributed by atoms with van der Waals surface area (Å²) in [6, 6.07) is 3.04. The molecule has 0 unspecified atom stereocenters. The summed E-state index contributed by atoms with van der Waals surface area (Å²) in [5.41, 5.74) is 0.101. The zero-order valence-electron chi connectivity index (χ0n) is 7.41. The number of benzene rings is 1. The lowest BCUT2D eigenvalue weighted by molar-refractivity contribution is 0.103. The highest BCUT2D eigenvalue weighted by Crippen LogP contribution is 2.14. The number of hydrogen-bond donors (Lipinski definition) is 0. The lowest BCUT2D eigenvalue weighted by Gasteiger charge is -1.98. The second kappa shape index (κ2) is 3.86. The summed E-state index contributed by atoms with van der Waals surface area (Å²) < 4.78 is 25.4. The molecule has 0 amide bonds. The summed E-state index contributed by atoms with van der Waals surface area (Å²) >= 11 is 1.16. The van der Waals surface area contributed by atoms with Crippen LogP contribution in [0.5, 0.6) is 0 Å². The number of aromatic nitrogens is 1. The molecule has 1 heterocycles. The van der Waals surface area contributed by atoms with Crippen molar-refractivity contribution in [3.05, 3.63) is 52.0 Å². The Morgan fingerprint density at radius 2 is 2.07 bits per heavy atom. The summed E-state index contributed by atoms with van der Waals surface area (Å²) in [6.07, 6.45) is 1.48. The molecule has 0 atom stereocenters. The highest BCUT2D eigenvalue weighted by molar-refractivity contribution is 7.11. The number of thiazole rings is 1. The van der Waals surface area contributed by atoms with Crippen molar-refractivity contribution in [1.82, 2.24) is 4.98 Å². The molecule has 0 bridgehead atoms. The summed E-state index contributed by atoms with van der Waals surface area (Å²) in [5, 5.41) is 1.91. The third kappa shape index (κ3) is 1.92. The third-order valence-electron chi connectivity index (χ3n) is 1.81. The summed E-state index contributed by atoms with van der Waals surface area (Å²) in [6.45, 7) is 0. The van der Waals surface area contributed by atoms with E-state index < -0.39 is 17.4 Å². The van der Waals surface area contributed by atoms with Gasteiger partial charge in [-0.05, 0) is 18.2 Å². The van der Waals surface area contributed by atoms with E-state index in [-0.39, 0.29) is 10.6 Å². The second-order valence-electron chi connectivity index (χ2n) is 2.80. The van der Waals surface area contributed by atoms with Crippen LogP contribution in [0.25, 0.3) is 0 Å². The number of carbonyl (C=O) groups is 1. The zero-order chi connectivity index (χ0) is 10.8. The predicted octanol–water partition coefficient (Wildman–Crippen LogP) is 2.65. The Morgan fingerprint density at radius 1 is 1.27 bits per heavy atom. The van der Waals surface area contributed by atoms with Crippen molar-refractivity contribution in [1.29, 1.82) is 0 Å². The minimum absolute atomic E-state index is 0.101. The molecular weight excluding hydrogens is 220 g/mol. The Bertz CT molecular complexity index is 496. The van der Waals surface area contributed by atoms with Crippen LogP contribution < -0.4 is 0 Å². The molecule has 0 spiro atoms. The van der Waals surface area contributed by atoms with Crippen LogP contribution in [0.15, 0.2) is 29.8 Å². The number of halogens is 2. The van der Waals surface area contributed by atoms with Gasteiger partial charge in [0.05, 0.1) is 0 Å². The van der Waals surface area contributed by atoms with Crippen molar-refractivity contribution in [2.75, 3.05) is 0 Å². The molecule has 76 valence electrons. The Hall–Kier alpha value is -1.62. The SMILES string of the molecule is O=C(c1ccc(F)c(F)c1)c1nccs1. The van der Waals surface area contributed by atoms with E-state index in [0.29, 0.717) is 0 Å². The van der Waals surface area contributed by atoms with Crippen molar-refractivity contribution in [2.45, 2.75) is 0 Å². The molecule has 0 saturated heterocycles. The van der Waals surface area contributed by atoms with Gasteiger partial charge in [0.15, 0.2) is 16.6 Å². The maximum atomic E-state index is 12.8. The molecule has 0 radical (unpaired) electrons. The molecule has 5 heteroatoms. The van der Waals surface area contributed by atoms with Gasteiger partial charge in [-0.1, -0.05) is 0 Å². The van der Waals surface area contributed by atoms with Gasteiger partial charge in [0.25, 0.3) is 0 Å². The average Bonchev–Trinajstić information content (AvgIpc) is 2.74. The van der Waals surface area contributed by atoms with E-state index in [1.54, 1.807) is 5.38 Å². The third-order valence-corrected chi connectivity index (χ3v) is 2.58. The van der Waals surface area contributed by atoms with Crippen LogP contribution in [0.3, 0.4) is 0 Å². The molecule has 1 aromatic heterocycles. The van der Waals surface area contributed by atoms with E-state index in [2.05, 4.69) is 4.98 Å². The highest BCUT2D eigenvalue weighted by Gasteiger charge is 2.13. The monoisotopic (exact) mass is 225 g/mol. The van der Waals surface area contributed by atoms with E-state index in [1.807, 2.05) is 0 Å². The first-order chi connectivity index (χ1) is 7.18. The first kappa shape index (κ1) is 9.92. The van der Waals surface area contributed by atoms with Crippen LogP contribution in [0.1, 0.15) is 15.4 Å². The fourth-order valence-electron chi connectivity index (χ4n) is 1.10. The van der Waals surface area contributed by atoms with E-state index in [1.165, 1.54) is 12.3 Å². The van der Waals surface area contributed by atoms with Gasteiger partial charge in [-0.15, -0.1) is 11.3 Å². The Morgan fingerprint density at radius 3 is 2.67 bits per heavy atom. The first-order valence-corrected chi connectivity index (χ1v) is 4.95. The largest absolute Gasteiger partial charge is 0.286 e. The molecule has 2 nitrogen and oxygen atoms in total. The smallest absolute Gasteiger partial charge is 0.221 e. The van der Waals surface area contributed by atoms with Crippen molar-refractivity contribution in [3.8, 4) is 0 Å². The van der Waals surface area contributed by atoms with Gasteiger partial charge in [-0.3, -0.25) is 4.79 Å². The first-order valence-electron chi connectivity index (χ1n) is 4.08. The van der Waals surface area contributed by atoms with Crippen molar-refractivity contribution < 1.29 is 13.6 Å². The van der Waals surface area contributed by atoms with Crippen LogP contribution in [-0.4, -0.2) is 10.8 Å². The molecule has 0 aliphatic carbocycles. The molecule has 1 aromatic carbocycles. The van der Waals surface area contributed by atoms with Crippen molar-refractivity contribution in [3.63, 3.8) is 0 Å². The number of hydrogen-bond acceptors (Lipinski definition) is 3. The van der Waals surface area contributed by atoms with Gasteiger partial charge < -0.3 is 0 Å². The van der Waals surface area contributed by atoms with E-state index >= 15 is 0 Å². The van der Waals surface area contributed by atoms with Gasteiger partial charge in [-0.25, -0.2) is 13.8 Å². The van der Waals surface area contributed by atoms with E-state index in [9.17, 15) is 13.6 Å². The minimum atomic E-state index is -1.03. The molecule has 0 aliphatic heterocycles. The maximum absolute atomic E-state index is 12.8. The Labute approximate surface area is 88.2 Å². The molecule has 0 aliphatic rings. The fraction of sp³-hybridized carbons (Fsp3) is 0. The van der Waals surface area contributed by atoms with Crippen LogP contribution in [0, 0.1) is 11.6 Å². The van der Waals surface area contributed by atoms with Gasteiger partial charge in [0, 0.05) is 17.1 Å². The summed E-state index contributed by atoms with van der Waals surface area (Å²) in [5.74, 6) is -2.40. The summed E-state index contributed by atoms with van der Waals surface area (Å²) in [4.78, 5) is 15.4. The molecule has 2 aromatic rings. The van der Waals surface area contributed by atoms with E-state index in [4.69, 9.17) is 0 Å². The molecule has 0 fully saturated rings. The maximum Gasteiger partial charge on any atom is 0.221 e. The molecule has 0 N–H and O–H groups in total. The quantitative estimate of drug-likeness (QED) is 0.735. The molecular formula is C10H5F2NOS. The lowest BCUT2D eigenvalue weighted by Crippen LogP contribution is -2.01. The average molecular weight is 225 g/mol. The number of ketones is 1. The Kier molecular flexibility index (Phi) is 2.55. The number of nitrogens with zero attached hydrogens (tertiary/aromatic N) is 1. The Balaban J connectivity index is 2.39. The predicted molar refractivity (Wildman–Crippen MR) is 51.9 cm³/mol. The van der Waals surface area contributed by atoms with Crippen LogP contribution >= 0.6 is 11.3 Å². The van der Waals surface area contributed by atoms with Crippen molar-refractivity contribution in [2.24, 2.45) is 0 Å². The topological polar surface area (TPSA) is 30.0 Å². The van der Waals surface area contributed by atoms with Crippen LogP contribution in [-0.2, 0) is 0 Å². The lowest BCUT2D eigenvalue weighted by atomic mass is 10.1. The molecule has 15 heavy (non-hydrogen) atoms. The van der Waals surface area contributed by atoms with Gasteiger partial charge in [0.1, 0.15) is 0 Å². The van der Waals surface area contributed by atoms with Crippen LogP contribution in [0.2, 0.25) is 0 Å². The number of rotatable bonds is 2. The highest BCUT2D eigenvalue weighted by atomic mass is 32.1. The molecule has 0 saturated carbocycles. The zero-order valence-corrected chi connectivity index (χ0v) is 8.22. The van der Waals surface area contributed by atoms with Gasteiger partial charge in [0.2, 0.25) is 5.78 Å². The minimum Gasteiger partial charge on any atom is -0.286 e. The van der Waals surface area contributed by atoms with Gasteiger partial charge >= 0.3 is 0 Å². The van der Waals surface area contributed by atoms with E-state index in [0.717, 1.165) is 23.5 Å². The number of carbonyl (C=O) groups excluding carboxylic acids is 1. The van der Waals surface area contributed by atoms with Gasteiger partial charge in [-0.2, -0.15) is 0 Å².